The van der Waals surface area contributed by atoms with Crippen LogP contribution in [0.5, 0.6) is 0 Å². The Morgan fingerprint density at radius 2 is 2.04 bits per heavy atom. The zero-order valence-electron chi connectivity index (χ0n) is 14.2. The van der Waals surface area contributed by atoms with Crippen molar-refractivity contribution >= 4 is 15.7 Å². The molecule has 25 heavy (non-hydrogen) atoms. The van der Waals surface area contributed by atoms with Crippen LogP contribution in [0.15, 0.2) is 35.2 Å². The van der Waals surface area contributed by atoms with E-state index in [0.717, 1.165) is 6.42 Å². The minimum atomic E-state index is -3.68. The van der Waals surface area contributed by atoms with Crippen LogP contribution in [-0.2, 0) is 24.1 Å². The third-order valence-corrected chi connectivity index (χ3v) is 8.39. The zero-order chi connectivity index (χ0) is 17.7. The fourth-order valence-electron chi connectivity index (χ4n) is 4.27. The highest BCUT2D eigenvalue weighted by atomic mass is 32.2. The number of ether oxygens (including phenoxy) is 2. The molecule has 6 nitrogen and oxygen atoms in total. The quantitative estimate of drug-likeness (QED) is 0.818. The lowest BCUT2D eigenvalue weighted by Gasteiger charge is -2.47. The summed E-state index contributed by atoms with van der Waals surface area (Å²) in [6.07, 6.45) is 1.77. The summed E-state index contributed by atoms with van der Waals surface area (Å²) in [5.41, 5.74) is 0. The van der Waals surface area contributed by atoms with Crippen molar-refractivity contribution in [3.63, 3.8) is 0 Å². The molecule has 1 heterocycles. The molecule has 4 atom stereocenters. The molecule has 3 fully saturated rings. The molecule has 1 aromatic carbocycles. The van der Waals surface area contributed by atoms with Crippen molar-refractivity contribution < 1.29 is 22.7 Å². The highest BCUT2D eigenvalue weighted by molar-refractivity contribution is 7.94. The molecule has 7 heteroatoms. The van der Waals surface area contributed by atoms with Crippen LogP contribution in [0.25, 0.3) is 0 Å². The van der Waals surface area contributed by atoms with Crippen molar-refractivity contribution in [3.05, 3.63) is 30.3 Å². The summed E-state index contributed by atoms with van der Waals surface area (Å²) in [7, 11) is -2.05. The molecule has 3 aliphatic rings. The fourth-order valence-corrected chi connectivity index (χ4v) is 6.18. The van der Waals surface area contributed by atoms with E-state index >= 15 is 0 Å². The summed E-state index contributed by atoms with van der Waals surface area (Å²) in [5, 5.41) is 3.02. The molecule has 1 aliphatic heterocycles. The average Bonchev–Trinajstić information content (AvgIpc) is 3.34. The van der Waals surface area contributed by atoms with E-state index in [4.69, 9.17) is 9.47 Å². The summed E-state index contributed by atoms with van der Waals surface area (Å²) >= 11 is 0. The van der Waals surface area contributed by atoms with Crippen LogP contribution in [0, 0.1) is 11.8 Å². The number of nitrogens with one attached hydrogen (secondary N) is 1. The van der Waals surface area contributed by atoms with Gasteiger partial charge in [0.05, 0.1) is 17.6 Å². The molecule has 0 unspecified atom stereocenters. The third-order valence-electron chi connectivity index (χ3n) is 5.87. The Bertz CT molecular complexity index is 759. The Labute approximate surface area is 147 Å². The fraction of sp³-hybridized carbons (Fsp3) is 0.611. The van der Waals surface area contributed by atoms with Gasteiger partial charge >= 0.3 is 0 Å². The molecule has 2 aliphatic carbocycles. The van der Waals surface area contributed by atoms with E-state index in [2.05, 4.69) is 5.32 Å². The van der Waals surface area contributed by atoms with Gasteiger partial charge in [0.1, 0.15) is 0 Å². The summed E-state index contributed by atoms with van der Waals surface area (Å²) < 4.78 is 35.6. The van der Waals surface area contributed by atoms with Gasteiger partial charge < -0.3 is 14.8 Å². The number of carbonyl (C=O) groups is 1. The van der Waals surface area contributed by atoms with Gasteiger partial charge in [-0.3, -0.25) is 4.79 Å². The van der Waals surface area contributed by atoms with E-state index in [1.54, 1.807) is 37.4 Å². The molecule has 1 aromatic rings. The standard InChI is InChI=1S/C18H23NO5S/c1-23-11-14-15(13-7-10-24-16(13)14)19-17(20)18(8-9-18)25(21,22)12-5-3-2-4-6-12/h2-6,13-16H,7-11H2,1H3,(H,19,20)/t13-,14+,15+,16-/m0/s1. The number of amides is 1. The maximum absolute atomic E-state index is 13.0. The van der Waals surface area contributed by atoms with Crippen molar-refractivity contribution in [3.8, 4) is 0 Å². The molecule has 4 rings (SSSR count). The molecule has 1 saturated heterocycles. The number of hydrogen-bond acceptors (Lipinski definition) is 5. The predicted octanol–water partition coefficient (Wildman–Crippen LogP) is 1.16. The monoisotopic (exact) mass is 365 g/mol. The highest BCUT2D eigenvalue weighted by Gasteiger charge is 2.63. The summed E-state index contributed by atoms with van der Waals surface area (Å²) in [5.74, 6) is -0.0104. The van der Waals surface area contributed by atoms with E-state index in [0.29, 0.717) is 26.1 Å². The van der Waals surface area contributed by atoms with E-state index in [1.165, 1.54) is 0 Å². The second-order valence-electron chi connectivity index (χ2n) is 7.22. The van der Waals surface area contributed by atoms with Gasteiger partial charge in [0, 0.05) is 31.6 Å². The van der Waals surface area contributed by atoms with Gasteiger partial charge in [-0.15, -0.1) is 0 Å². The normalized spacial score (nSPS) is 32.5. The van der Waals surface area contributed by atoms with Gasteiger partial charge in [-0.2, -0.15) is 0 Å². The Balaban J connectivity index is 1.53. The van der Waals surface area contributed by atoms with Crippen LogP contribution in [0.3, 0.4) is 0 Å². The maximum atomic E-state index is 13.0. The molecule has 1 amide bonds. The van der Waals surface area contributed by atoms with Crippen molar-refractivity contribution in [1.82, 2.24) is 5.32 Å². The largest absolute Gasteiger partial charge is 0.384 e. The van der Waals surface area contributed by atoms with Crippen molar-refractivity contribution in [1.29, 1.82) is 0 Å². The molecular formula is C18H23NO5S. The topological polar surface area (TPSA) is 81.7 Å². The summed E-state index contributed by atoms with van der Waals surface area (Å²) in [6.45, 7) is 1.19. The highest BCUT2D eigenvalue weighted by Crippen LogP contribution is 2.49. The number of benzene rings is 1. The number of sulfone groups is 1. The number of carbonyl (C=O) groups excluding carboxylic acids is 1. The van der Waals surface area contributed by atoms with E-state index in [1.807, 2.05) is 0 Å². The van der Waals surface area contributed by atoms with Gasteiger partial charge in [0.15, 0.2) is 14.6 Å². The Morgan fingerprint density at radius 1 is 1.32 bits per heavy atom. The predicted molar refractivity (Wildman–Crippen MR) is 90.7 cm³/mol. The van der Waals surface area contributed by atoms with Crippen LogP contribution in [0.4, 0.5) is 0 Å². The Kier molecular flexibility index (Phi) is 4.13. The minimum Gasteiger partial charge on any atom is -0.384 e. The van der Waals surface area contributed by atoms with Gasteiger partial charge in [0.2, 0.25) is 5.91 Å². The van der Waals surface area contributed by atoms with Crippen LogP contribution in [0.2, 0.25) is 0 Å². The van der Waals surface area contributed by atoms with Gasteiger partial charge in [0.25, 0.3) is 0 Å². The average molecular weight is 365 g/mol. The van der Waals surface area contributed by atoms with Crippen LogP contribution < -0.4 is 5.32 Å². The molecule has 136 valence electrons. The molecule has 0 spiro atoms. The summed E-state index contributed by atoms with van der Waals surface area (Å²) in [6, 6.07) is 8.18. The van der Waals surface area contributed by atoms with Gasteiger partial charge in [-0.25, -0.2) is 8.42 Å². The lowest BCUT2D eigenvalue weighted by atomic mass is 9.67. The number of rotatable bonds is 6. The van der Waals surface area contributed by atoms with Crippen LogP contribution in [-0.4, -0.2) is 51.5 Å². The molecule has 0 radical (unpaired) electrons. The van der Waals surface area contributed by atoms with Gasteiger partial charge in [-0.05, 0) is 31.4 Å². The van der Waals surface area contributed by atoms with Crippen molar-refractivity contribution in [2.75, 3.05) is 20.3 Å². The maximum Gasteiger partial charge on any atom is 0.242 e. The Hall–Kier alpha value is -1.44. The number of fused-ring (bicyclic) bond motifs is 1. The van der Waals surface area contributed by atoms with Crippen LogP contribution in [0.1, 0.15) is 19.3 Å². The second kappa shape index (κ2) is 6.07. The smallest absolute Gasteiger partial charge is 0.242 e. The van der Waals surface area contributed by atoms with E-state index in [9.17, 15) is 13.2 Å². The Morgan fingerprint density at radius 3 is 2.68 bits per heavy atom. The number of hydrogen-bond donors (Lipinski definition) is 1. The minimum absolute atomic E-state index is 0.0663. The number of methoxy groups -OCH3 is 1. The van der Waals surface area contributed by atoms with Crippen LogP contribution >= 0.6 is 0 Å². The van der Waals surface area contributed by atoms with E-state index in [-0.39, 0.29) is 34.8 Å². The van der Waals surface area contributed by atoms with Crippen molar-refractivity contribution in [2.24, 2.45) is 11.8 Å². The van der Waals surface area contributed by atoms with Gasteiger partial charge in [-0.1, -0.05) is 18.2 Å². The second-order valence-corrected chi connectivity index (χ2v) is 9.48. The summed E-state index contributed by atoms with van der Waals surface area (Å²) in [4.78, 5) is 13.1. The molecular weight excluding hydrogens is 342 g/mol. The first-order valence-electron chi connectivity index (χ1n) is 8.72. The first-order valence-corrected chi connectivity index (χ1v) is 10.2. The SMILES string of the molecule is COC[C@@H]1[C@H](NC(=O)C2(S(=O)(=O)c3ccccc3)CC2)[C@@H]2CCO[C@H]12. The zero-order valence-corrected chi connectivity index (χ0v) is 15.0. The molecule has 2 saturated carbocycles. The first-order chi connectivity index (χ1) is 12.0. The van der Waals surface area contributed by atoms with E-state index < -0.39 is 14.6 Å². The lowest BCUT2D eigenvalue weighted by molar-refractivity contribution is -0.130. The first kappa shape index (κ1) is 17.0. The lowest BCUT2D eigenvalue weighted by Crippen LogP contribution is -2.64. The van der Waals surface area contributed by atoms with Crippen molar-refractivity contribution in [2.45, 2.75) is 41.1 Å². The molecule has 0 aromatic heterocycles. The molecule has 1 N–H and O–H groups in total. The molecule has 0 bridgehead atoms. The third kappa shape index (κ3) is 2.52.